The fraction of sp³-hybridized carbons (Fsp3) is 0.290. The molecule has 0 aliphatic carbocycles. The third kappa shape index (κ3) is 5.31. The van der Waals surface area contributed by atoms with Crippen LogP contribution in [0.5, 0.6) is 5.75 Å². The molecule has 2 aliphatic heterocycles. The van der Waals surface area contributed by atoms with E-state index >= 15 is 4.39 Å². The molecule has 1 unspecified atom stereocenters. The van der Waals surface area contributed by atoms with Gasteiger partial charge in [-0.05, 0) is 42.8 Å². The van der Waals surface area contributed by atoms with Crippen LogP contribution in [-0.2, 0) is 4.79 Å². The lowest BCUT2D eigenvalue weighted by atomic mass is 9.94. The zero-order chi connectivity index (χ0) is 32.9. The Balaban J connectivity index is 1.90. The molecule has 1 amide bonds. The van der Waals surface area contributed by atoms with Crippen molar-refractivity contribution in [2.24, 2.45) is 5.92 Å². The lowest BCUT2D eigenvalue weighted by molar-refractivity contribution is -0.126. The van der Waals surface area contributed by atoms with Crippen molar-refractivity contribution in [1.82, 2.24) is 19.8 Å². The van der Waals surface area contributed by atoms with E-state index in [0.29, 0.717) is 24.4 Å². The number of hydrogen-bond donors (Lipinski definition) is 2. The molecule has 2 aromatic heterocycles. The molecule has 14 heteroatoms. The van der Waals surface area contributed by atoms with Gasteiger partial charge in [0.15, 0.2) is 11.6 Å². The molecule has 2 aliphatic rings. The summed E-state index contributed by atoms with van der Waals surface area (Å²) >= 11 is 18.5. The van der Waals surface area contributed by atoms with Gasteiger partial charge in [0.05, 0.1) is 33.7 Å². The summed E-state index contributed by atoms with van der Waals surface area (Å²) in [4.78, 5) is 34.6. The average Bonchev–Trinajstić information content (AvgIpc) is 3.02. The number of dihydropyridines is 1. The molecule has 3 aromatic rings. The lowest BCUT2D eigenvalue weighted by Crippen LogP contribution is -2.49. The number of piperazine rings is 1. The first-order chi connectivity index (χ1) is 21.3. The molecule has 0 radical (unpaired) electrons. The number of carbonyl (C=O) groups excluding carboxylic acids is 1. The maximum absolute atomic E-state index is 15.5. The van der Waals surface area contributed by atoms with Crippen molar-refractivity contribution in [3.8, 4) is 23.1 Å². The van der Waals surface area contributed by atoms with E-state index in [1.165, 1.54) is 16.7 Å². The fourth-order valence-corrected chi connectivity index (χ4v) is 6.39. The number of pyridine rings is 2. The highest BCUT2D eigenvalue weighted by molar-refractivity contribution is 6.37. The number of carbonyl (C=O) groups is 1. The van der Waals surface area contributed by atoms with Gasteiger partial charge in [0.1, 0.15) is 33.1 Å². The van der Waals surface area contributed by atoms with Crippen LogP contribution in [-0.4, -0.2) is 57.7 Å². The highest BCUT2D eigenvalue weighted by Gasteiger charge is 2.33. The van der Waals surface area contributed by atoms with Crippen LogP contribution in [0.1, 0.15) is 26.3 Å². The molecule has 45 heavy (non-hydrogen) atoms. The van der Waals surface area contributed by atoms with Gasteiger partial charge in [0.2, 0.25) is 5.91 Å². The Labute approximate surface area is 272 Å². The van der Waals surface area contributed by atoms with E-state index in [0.717, 1.165) is 0 Å². The molecule has 0 saturated carbocycles. The molecule has 1 saturated heterocycles. The van der Waals surface area contributed by atoms with Gasteiger partial charge < -0.3 is 20.2 Å². The Bertz CT molecular complexity index is 1910. The van der Waals surface area contributed by atoms with Gasteiger partial charge in [-0.3, -0.25) is 14.2 Å². The summed E-state index contributed by atoms with van der Waals surface area (Å²) in [5.74, 6) is -3.98. The van der Waals surface area contributed by atoms with Gasteiger partial charge in [0, 0.05) is 31.6 Å². The van der Waals surface area contributed by atoms with Crippen LogP contribution in [0, 0.1) is 28.9 Å². The molecule has 0 bridgehead atoms. The Kier molecular flexibility index (Phi) is 8.86. The molecule has 5 rings (SSSR count). The minimum atomic E-state index is -1.36. The number of rotatable bonds is 5. The van der Waals surface area contributed by atoms with E-state index in [-0.39, 0.29) is 57.9 Å². The quantitative estimate of drug-likeness (QED) is 0.191. The van der Waals surface area contributed by atoms with Crippen molar-refractivity contribution in [2.45, 2.75) is 26.8 Å². The van der Waals surface area contributed by atoms with Crippen LogP contribution in [0.3, 0.4) is 0 Å². The zero-order valence-electron chi connectivity index (χ0n) is 24.4. The van der Waals surface area contributed by atoms with Gasteiger partial charge >= 0.3 is 0 Å². The van der Waals surface area contributed by atoms with Crippen LogP contribution in [0.2, 0.25) is 15.1 Å². The number of benzene rings is 1. The number of phenolic OH excluding ortho intramolecular Hbond substituents is 1. The second-order valence-corrected chi connectivity index (χ2v) is 12.1. The zero-order valence-corrected chi connectivity index (χ0v) is 26.7. The van der Waals surface area contributed by atoms with Crippen LogP contribution in [0.25, 0.3) is 28.0 Å². The Morgan fingerprint density at radius 1 is 1.20 bits per heavy atom. The lowest BCUT2D eigenvalue weighted by Gasteiger charge is -2.37. The van der Waals surface area contributed by atoms with Gasteiger partial charge in [0.25, 0.3) is 5.56 Å². The van der Waals surface area contributed by atoms with E-state index in [4.69, 9.17) is 34.8 Å². The summed E-state index contributed by atoms with van der Waals surface area (Å²) in [5, 5.41) is 22.6. The average molecular weight is 676 g/mol. The maximum Gasteiger partial charge on any atom is 0.276 e. The Hall–Kier alpha value is -4.11. The Morgan fingerprint density at radius 3 is 2.47 bits per heavy atom. The Morgan fingerprint density at radius 2 is 1.87 bits per heavy atom. The van der Waals surface area contributed by atoms with Gasteiger partial charge in [-0.1, -0.05) is 55.2 Å². The molecule has 9 nitrogen and oxygen atoms in total. The van der Waals surface area contributed by atoms with Gasteiger partial charge in [-0.25, -0.2) is 13.8 Å². The molecule has 234 valence electrons. The minimum Gasteiger partial charge on any atom is -0.505 e. The second-order valence-electron chi connectivity index (χ2n) is 11.0. The van der Waals surface area contributed by atoms with Crippen LogP contribution >= 0.6 is 34.8 Å². The van der Waals surface area contributed by atoms with Crippen molar-refractivity contribution in [2.75, 3.05) is 31.1 Å². The monoisotopic (exact) mass is 674 g/mol. The number of fused-ring (bicyclic) bond motifs is 1. The highest BCUT2D eigenvalue weighted by atomic mass is 35.5. The molecular formula is C31H27Cl3F2N6O3. The maximum atomic E-state index is 15.5. The first-order valence-electron chi connectivity index (χ1n) is 13.9. The smallest absolute Gasteiger partial charge is 0.276 e. The first kappa shape index (κ1) is 32.3. The standard InChI is InChI=1S/C31H27Cl3F2N6O3/c1-5-19(43)40-8-10-41(11-9-40)28-16-12-18(32)26(20-23(35)21(33)24(36)22(34)29(20)44)39-30(16)42(31(45)17(28)13-37)27-15(4)6-7-38-25(27)14(2)3/h5-7,12,14,25,38,44H,1,8-11H2,2-4H3. The first-order valence-corrected chi connectivity index (χ1v) is 15.0. The van der Waals surface area contributed by atoms with E-state index in [2.05, 4.69) is 22.9 Å². The number of nitriles is 1. The number of nitrogens with zero attached hydrogens (tertiary/aromatic N) is 5. The number of halogens is 5. The number of anilines is 1. The molecule has 4 heterocycles. The number of phenols is 1. The predicted molar refractivity (Wildman–Crippen MR) is 172 cm³/mol. The van der Waals surface area contributed by atoms with Crippen molar-refractivity contribution < 1.29 is 18.7 Å². The summed E-state index contributed by atoms with van der Waals surface area (Å²) in [6, 6.07) is 3.07. The molecule has 1 atom stereocenters. The number of allylic oxidation sites excluding steroid dienone is 2. The number of aromatic nitrogens is 2. The van der Waals surface area contributed by atoms with E-state index in [1.54, 1.807) is 29.0 Å². The fourth-order valence-electron chi connectivity index (χ4n) is 5.72. The van der Waals surface area contributed by atoms with Crippen LogP contribution in [0.15, 0.2) is 41.4 Å². The number of nitrogens with one attached hydrogen (secondary N) is 1. The van der Waals surface area contributed by atoms with Crippen LogP contribution < -0.4 is 15.8 Å². The van der Waals surface area contributed by atoms with Crippen molar-refractivity contribution in [3.05, 3.63) is 79.2 Å². The normalized spacial score (nSPS) is 16.8. The second kappa shape index (κ2) is 12.4. The van der Waals surface area contributed by atoms with Crippen molar-refractivity contribution in [1.29, 1.82) is 5.26 Å². The SMILES string of the molecule is C=CC(=O)N1CCN(c2c(C#N)c(=O)n(C3=C(C)C=CNC3C(C)C)c3nc(-c4c(O)c(Cl)c(F)c(Cl)c4F)c(Cl)cc23)CC1. The van der Waals surface area contributed by atoms with Gasteiger partial charge in [-0.15, -0.1) is 0 Å². The van der Waals surface area contributed by atoms with Crippen molar-refractivity contribution in [3.63, 3.8) is 0 Å². The molecular weight excluding hydrogens is 649 g/mol. The molecule has 2 N–H and O–H groups in total. The summed E-state index contributed by atoms with van der Waals surface area (Å²) in [7, 11) is 0. The predicted octanol–water partition coefficient (Wildman–Crippen LogP) is 6.09. The van der Waals surface area contributed by atoms with Gasteiger partial charge in [-0.2, -0.15) is 5.26 Å². The topological polar surface area (TPSA) is 114 Å². The summed E-state index contributed by atoms with van der Waals surface area (Å²) in [5.41, 5.74) is -0.473. The largest absolute Gasteiger partial charge is 0.505 e. The van der Waals surface area contributed by atoms with E-state index in [1.807, 2.05) is 13.8 Å². The van der Waals surface area contributed by atoms with Crippen molar-refractivity contribution >= 4 is 63.1 Å². The van der Waals surface area contributed by atoms with E-state index < -0.39 is 44.6 Å². The van der Waals surface area contributed by atoms with E-state index in [9.17, 15) is 24.3 Å². The number of hydrogen-bond acceptors (Lipinski definition) is 7. The minimum absolute atomic E-state index is 0.00883. The number of amides is 1. The third-order valence-corrected chi connectivity index (χ3v) is 8.93. The third-order valence-electron chi connectivity index (χ3n) is 7.96. The summed E-state index contributed by atoms with van der Waals surface area (Å²) in [6.07, 6.45) is 4.74. The molecule has 1 fully saturated rings. The highest BCUT2D eigenvalue weighted by Crippen LogP contribution is 2.46. The summed E-state index contributed by atoms with van der Waals surface area (Å²) in [6.45, 7) is 10.4. The van der Waals surface area contributed by atoms with Crippen LogP contribution in [0.4, 0.5) is 14.5 Å². The molecule has 0 spiro atoms. The number of aromatic hydroxyl groups is 1. The summed E-state index contributed by atoms with van der Waals surface area (Å²) < 4.78 is 31.2. The molecule has 1 aromatic carbocycles.